The number of aryl methyl sites for hydroxylation is 1. The van der Waals surface area contributed by atoms with Gasteiger partial charge >= 0.3 is 12.1 Å². The Labute approximate surface area is 129 Å². The van der Waals surface area contributed by atoms with Gasteiger partial charge in [-0.2, -0.15) is 18.3 Å². The van der Waals surface area contributed by atoms with Crippen molar-refractivity contribution in [3.8, 4) is 0 Å². The molecule has 1 aromatic carbocycles. The van der Waals surface area contributed by atoms with E-state index in [1.807, 2.05) is 18.5 Å². The lowest BCUT2D eigenvalue weighted by molar-refractivity contribution is -0.192. The average Bonchev–Trinajstić information content (AvgIpc) is 2.68. The van der Waals surface area contributed by atoms with Gasteiger partial charge in [0.2, 0.25) is 0 Å². The average molecular weight is 333 g/mol. The molecular weight excluding hydrogens is 318 g/mol. The summed E-state index contributed by atoms with van der Waals surface area (Å²) >= 11 is 0. The highest BCUT2D eigenvalue weighted by molar-refractivity contribution is 5.73. The van der Waals surface area contributed by atoms with Gasteiger partial charge in [0.15, 0.2) is 0 Å². The van der Waals surface area contributed by atoms with E-state index in [4.69, 9.17) is 15.6 Å². The van der Waals surface area contributed by atoms with Crippen LogP contribution in [0.4, 0.5) is 23.2 Å². The topological polar surface area (TPSA) is 81.1 Å². The lowest BCUT2D eigenvalue weighted by Crippen LogP contribution is -2.21. The number of aliphatic carboxylic acids is 1. The van der Waals surface area contributed by atoms with Crippen LogP contribution in [0.25, 0.3) is 0 Å². The molecule has 0 aliphatic heterocycles. The Morgan fingerprint density at radius 1 is 1.26 bits per heavy atom. The molecule has 23 heavy (non-hydrogen) atoms. The molecule has 0 spiro atoms. The number of rotatable bonds is 2. The van der Waals surface area contributed by atoms with E-state index < -0.39 is 12.1 Å². The standard InChI is InChI=1S/C12H14FN3.C2HF3O2/c1-8-12(14)9(2)16(15-8)7-10-3-5-11(13)6-4-10;3-2(4,5)1(6)7/h3-6H,7,14H2,1-2H3;(H,6,7). The highest BCUT2D eigenvalue weighted by Gasteiger charge is 2.38. The highest BCUT2D eigenvalue weighted by atomic mass is 19.4. The van der Waals surface area contributed by atoms with E-state index in [-0.39, 0.29) is 5.82 Å². The molecule has 0 atom stereocenters. The Hall–Kier alpha value is -2.58. The first kappa shape index (κ1) is 18.5. The summed E-state index contributed by atoms with van der Waals surface area (Å²) in [5.74, 6) is -2.98. The van der Waals surface area contributed by atoms with Crippen LogP contribution in [-0.4, -0.2) is 27.0 Å². The minimum Gasteiger partial charge on any atom is -0.475 e. The van der Waals surface area contributed by atoms with Crippen LogP contribution in [0.15, 0.2) is 24.3 Å². The molecule has 2 aromatic rings. The summed E-state index contributed by atoms with van der Waals surface area (Å²) in [7, 11) is 0. The summed E-state index contributed by atoms with van der Waals surface area (Å²) in [6, 6.07) is 6.40. The van der Waals surface area contributed by atoms with Crippen LogP contribution in [0.3, 0.4) is 0 Å². The first-order chi connectivity index (χ1) is 10.5. The molecule has 3 N–H and O–H groups in total. The fourth-order valence-electron chi connectivity index (χ4n) is 1.63. The van der Waals surface area contributed by atoms with E-state index in [1.165, 1.54) is 12.1 Å². The molecule has 9 heteroatoms. The zero-order chi connectivity index (χ0) is 17.8. The molecule has 2 rings (SSSR count). The van der Waals surface area contributed by atoms with E-state index in [2.05, 4.69) is 5.10 Å². The second-order valence-electron chi connectivity index (χ2n) is 4.67. The quantitative estimate of drug-likeness (QED) is 0.828. The first-order valence-corrected chi connectivity index (χ1v) is 6.36. The van der Waals surface area contributed by atoms with Crippen molar-refractivity contribution >= 4 is 11.7 Å². The van der Waals surface area contributed by atoms with Crippen LogP contribution >= 0.6 is 0 Å². The van der Waals surface area contributed by atoms with Crippen molar-refractivity contribution in [1.82, 2.24) is 9.78 Å². The third kappa shape index (κ3) is 5.28. The van der Waals surface area contributed by atoms with Crippen molar-refractivity contribution in [2.45, 2.75) is 26.6 Å². The molecule has 1 heterocycles. The Morgan fingerprint density at radius 3 is 2.09 bits per heavy atom. The number of aromatic nitrogens is 2. The summed E-state index contributed by atoms with van der Waals surface area (Å²) in [6.45, 7) is 4.42. The SMILES string of the molecule is Cc1nn(Cc2ccc(F)cc2)c(C)c1N.O=C(O)C(F)(F)F. The molecule has 1 aromatic heterocycles. The molecule has 0 bridgehead atoms. The number of nitrogens with zero attached hydrogens (tertiary/aromatic N) is 2. The molecule has 0 radical (unpaired) electrons. The van der Waals surface area contributed by atoms with Crippen LogP contribution < -0.4 is 5.73 Å². The van der Waals surface area contributed by atoms with Crippen molar-refractivity contribution in [3.63, 3.8) is 0 Å². The normalized spacial score (nSPS) is 10.9. The maximum atomic E-state index is 12.7. The van der Waals surface area contributed by atoms with E-state index in [0.717, 1.165) is 22.6 Å². The third-order valence-electron chi connectivity index (χ3n) is 2.93. The van der Waals surface area contributed by atoms with Gasteiger partial charge in [0, 0.05) is 0 Å². The van der Waals surface area contributed by atoms with Gasteiger partial charge < -0.3 is 10.8 Å². The molecular formula is C14H15F4N3O2. The maximum Gasteiger partial charge on any atom is 0.490 e. The first-order valence-electron chi connectivity index (χ1n) is 6.36. The van der Waals surface area contributed by atoms with Crippen molar-refractivity contribution < 1.29 is 27.5 Å². The molecule has 0 saturated carbocycles. The Morgan fingerprint density at radius 2 is 1.74 bits per heavy atom. The number of nitrogen functional groups attached to an aromatic ring is 1. The molecule has 126 valence electrons. The van der Waals surface area contributed by atoms with Gasteiger partial charge in [-0.05, 0) is 31.5 Å². The number of alkyl halides is 3. The van der Waals surface area contributed by atoms with Crippen LogP contribution in [0, 0.1) is 19.7 Å². The molecule has 0 aliphatic rings. The fraction of sp³-hybridized carbons (Fsp3) is 0.286. The zero-order valence-corrected chi connectivity index (χ0v) is 12.4. The summed E-state index contributed by atoms with van der Waals surface area (Å²) < 4.78 is 46.3. The minimum absolute atomic E-state index is 0.225. The van der Waals surface area contributed by atoms with Crippen LogP contribution in [0.1, 0.15) is 17.0 Å². The van der Waals surface area contributed by atoms with E-state index in [0.29, 0.717) is 6.54 Å². The largest absolute Gasteiger partial charge is 0.490 e. The summed E-state index contributed by atoms with van der Waals surface area (Å²) in [4.78, 5) is 8.90. The fourth-order valence-corrected chi connectivity index (χ4v) is 1.63. The number of benzene rings is 1. The van der Waals surface area contributed by atoms with Crippen molar-refractivity contribution in [2.75, 3.05) is 5.73 Å². The number of hydrogen-bond acceptors (Lipinski definition) is 3. The molecule has 5 nitrogen and oxygen atoms in total. The summed E-state index contributed by atoms with van der Waals surface area (Å²) in [5, 5.41) is 11.5. The summed E-state index contributed by atoms with van der Waals surface area (Å²) in [6.07, 6.45) is -5.08. The predicted octanol–water partition coefficient (Wildman–Crippen LogP) is 2.90. The lowest BCUT2D eigenvalue weighted by atomic mass is 10.2. The van der Waals surface area contributed by atoms with Gasteiger partial charge in [0.25, 0.3) is 0 Å². The Balaban J connectivity index is 0.000000322. The molecule has 0 amide bonds. The highest BCUT2D eigenvalue weighted by Crippen LogP contribution is 2.16. The van der Waals surface area contributed by atoms with Gasteiger partial charge in [0.05, 0.1) is 23.6 Å². The van der Waals surface area contributed by atoms with Gasteiger partial charge in [-0.3, -0.25) is 4.68 Å². The van der Waals surface area contributed by atoms with Crippen LogP contribution in [-0.2, 0) is 11.3 Å². The van der Waals surface area contributed by atoms with E-state index >= 15 is 0 Å². The Kier molecular flexibility index (Phi) is 5.72. The maximum absolute atomic E-state index is 12.7. The zero-order valence-electron chi connectivity index (χ0n) is 12.4. The van der Waals surface area contributed by atoms with Crippen molar-refractivity contribution in [1.29, 1.82) is 0 Å². The van der Waals surface area contributed by atoms with Gasteiger partial charge in [-0.15, -0.1) is 0 Å². The molecule has 0 saturated heterocycles. The summed E-state index contributed by atoms with van der Waals surface area (Å²) in [5.41, 5.74) is 9.35. The Bertz CT molecular complexity index is 679. The number of hydrogen-bond donors (Lipinski definition) is 2. The number of carboxylic acid groups (broad SMARTS) is 1. The van der Waals surface area contributed by atoms with Gasteiger partial charge in [0.1, 0.15) is 5.82 Å². The van der Waals surface area contributed by atoms with Crippen LogP contribution in [0.5, 0.6) is 0 Å². The predicted molar refractivity (Wildman–Crippen MR) is 75.3 cm³/mol. The number of anilines is 1. The number of carboxylic acids is 1. The smallest absolute Gasteiger partial charge is 0.475 e. The molecule has 0 fully saturated rings. The van der Waals surface area contributed by atoms with E-state index in [1.54, 1.807) is 12.1 Å². The molecule has 0 aliphatic carbocycles. The van der Waals surface area contributed by atoms with Crippen molar-refractivity contribution in [3.05, 3.63) is 47.0 Å². The van der Waals surface area contributed by atoms with Crippen molar-refractivity contribution in [2.24, 2.45) is 0 Å². The van der Waals surface area contributed by atoms with Crippen LogP contribution in [0.2, 0.25) is 0 Å². The minimum atomic E-state index is -5.08. The number of halogens is 4. The van der Waals surface area contributed by atoms with Gasteiger partial charge in [-0.1, -0.05) is 12.1 Å². The second kappa shape index (κ2) is 7.12. The lowest BCUT2D eigenvalue weighted by Gasteiger charge is -2.04. The number of carbonyl (C=O) groups is 1. The third-order valence-corrected chi connectivity index (χ3v) is 2.93. The monoisotopic (exact) mass is 333 g/mol. The van der Waals surface area contributed by atoms with E-state index in [9.17, 15) is 17.6 Å². The number of nitrogens with two attached hydrogens (primary N) is 1. The van der Waals surface area contributed by atoms with Gasteiger partial charge in [-0.25, -0.2) is 9.18 Å². The second-order valence-corrected chi connectivity index (χ2v) is 4.67. The molecule has 0 unspecified atom stereocenters.